The largest absolute Gasteiger partial charge is 0.465 e. The molecule has 0 saturated heterocycles. The number of carbonyl (C=O) groups is 2. The smallest absolute Gasteiger partial charge is 0.339 e. The third-order valence-electron chi connectivity index (χ3n) is 5.11. The van der Waals surface area contributed by atoms with E-state index in [1.165, 1.54) is 57.6 Å². The molecule has 156 valence electrons. The molecule has 4 nitrogen and oxygen atoms in total. The molecule has 0 bridgehead atoms. The molecule has 1 amide bonds. The van der Waals surface area contributed by atoms with E-state index >= 15 is 0 Å². The van der Waals surface area contributed by atoms with Crippen molar-refractivity contribution < 1.29 is 14.3 Å². The van der Waals surface area contributed by atoms with Crippen LogP contribution in [0.3, 0.4) is 0 Å². The van der Waals surface area contributed by atoms with Gasteiger partial charge in [0.25, 0.3) is 5.91 Å². The fourth-order valence-corrected chi connectivity index (χ4v) is 3.35. The molecule has 4 heteroatoms. The second-order valence-electron chi connectivity index (χ2n) is 7.56. The van der Waals surface area contributed by atoms with Gasteiger partial charge in [0, 0.05) is 5.56 Å². The quantitative estimate of drug-likeness (QED) is 0.357. The Morgan fingerprint density at radius 3 is 2.21 bits per heavy atom. The lowest BCUT2D eigenvalue weighted by molar-refractivity contribution is 0.0602. The maximum Gasteiger partial charge on any atom is 0.339 e. The lowest BCUT2D eigenvalue weighted by atomic mass is 10.0. The topological polar surface area (TPSA) is 55.4 Å². The summed E-state index contributed by atoms with van der Waals surface area (Å²) < 4.78 is 4.82. The number of aryl methyl sites for hydroxylation is 2. The van der Waals surface area contributed by atoms with E-state index in [2.05, 4.69) is 12.2 Å². The summed E-state index contributed by atoms with van der Waals surface area (Å²) in [7, 11) is 1.33. The van der Waals surface area contributed by atoms with E-state index in [-0.39, 0.29) is 5.91 Å². The van der Waals surface area contributed by atoms with Gasteiger partial charge in [0.2, 0.25) is 0 Å². The number of methoxy groups -OCH3 is 1. The Morgan fingerprint density at radius 1 is 0.897 bits per heavy atom. The molecular formula is C25H33NO3. The van der Waals surface area contributed by atoms with Gasteiger partial charge in [-0.1, -0.05) is 69.2 Å². The Bertz CT molecular complexity index is 796. The van der Waals surface area contributed by atoms with E-state index in [0.29, 0.717) is 16.8 Å². The van der Waals surface area contributed by atoms with Crippen LogP contribution in [0.25, 0.3) is 0 Å². The minimum absolute atomic E-state index is 0.235. The van der Waals surface area contributed by atoms with Crippen LogP contribution in [0.2, 0.25) is 0 Å². The van der Waals surface area contributed by atoms with Gasteiger partial charge in [-0.3, -0.25) is 4.79 Å². The van der Waals surface area contributed by atoms with E-state index in [1.54, 1.807) is 12.1 Å². The van der Waals surface area contributed by atoms with E-state index in [0.717, 1.165) is 12.0 Å². The zero-order valence-electron chi connectivity index (χ0n) is 17.9. The average molecular weight is 396 g/mol. The van der Waals surface area contributed by atoms with Crippen molar-refractivity contribution in [2.45, 2.75) is 65.2 Å². The second-order valence-corrected chi connectivity index (χ2v) is 7.56. The normalized spacial score (nSPS) is 10.6. The highest BCUT2D eigenvalue weighted by molar-refractivity contribution is 6.08. The van der Waals surface area contributed by atoms with Crippen LogP contribution in [0.15, 0.2) is 42.5 Å². The van der Waals surface area contributed by atoms with Gasteiger partial charge in [0.05, 0.1) is 18.4 Å². The molecule has 0 radical (unpaired) electrons. The van der Waals surface area contributed by atoms with Crippen LogP contribution in [-0.2, 0) is 11.2 Å². The lowest BCUT2D eigenvalue weighted by Gasteiger charge is -2.11. The number of hydrogen-bond donors (Lipinski definition) is 1. The summed E-state index contributed by atoms with van der Waals surface area (Å²) >= 11 is 0. The maximum absolute atomic E-state index is 12.6. The standard InChI is InChI=1S/C25H33NO3/c1-4-5-6-7-8-9-10-11-20-13-15-21(16-14-20)24(27)26-23-17-12-19(2)18-22(23)25(28)29-3/h12-18H,4-11H2,1-3H3,(H,26,27). The predicted octanol–water partition coefficient (Wildman–Crippen LogP) is 6.33. The molecule has 2 rings (SSSR count). The van der Waals surface area contributed by atoms with Crippen molar-refractivity contribution in [3.05, 3.63) is 64.7 Å². The van der Waals surface area contributed by atoms with Gasteiger partial charge < -0.3 is 10.1 Å². The van der Waals surface area contributed by atoms with Crippen molar-refractivity contribution in [2.24, 2.45) is 0 Å². The summed E-state index contributed by atoms with van der Waals surface area (Å²) in [5.41, 5.74) is 3.57. The minimum atomic E-state index is -0.464. The Hall–Kier alpha value is -2.62. The molecule has 0 atom stereocenters. The van der Waals surface area contributed by atoms with E-state index in [1.807, 2.05) is 37.3 Å². The Kier molecular flexibility index (Phi) is 9.42. The molecule has 0 heterocycles. The van der Waals surface area contributed by atoms with Crippen LogP contribution in [0, 0.1) is 6.92 Å². The SMILES string of the molecule is CCCCCCCCCc1ccc(C(=O)Nc2ccc(C)cc2C(=O)OC)cc1. The third-order valence-corrected chi connectivity index (χ3v) is 5.11. The molecule has 0 aliphatic rings. The molecule has 0 aliphatic carbocycles. The van der Waals surface area contributed by atoms with Crippen molar-refractivity contribution in [3.63, 3.8) is 0 Å². The first-order chi connectivity index (χ1) is 14.0. The molecule has 2 aromatic rings. The molecule has 0 spiro atoms. The number of unbranched alkanes of at least 4 members (excludes halogenated alkanes) is 6. The Balaban J connectivity index is 1.89. The molecule has 0 unspecified atom stereocenters. The summed E-state index contributed by atoms with van der Waals surface area (Å²) in [6.07, 6.45) is 10.1. The zero-order chi connectivity index (χ0) is 21.1. The van der Waals surface area contributed by atoms with Crippen molar-refractivity contribution in [1.82, 2.24) is 0 Å². The lowest BCUT2D eigenvalue weighted by Crippen LogP contribution is -2.15. The summed E-state index contributed by atoms with van der Waals surface area (Å²) in [5, 5.41) is 2.83. The number of hydrogen-bond acceptors (Lipinski definition) is 3. The molecular weight excluding hydrogens is 362 g/mol. The van der Waals surface area contributed by atoms with E-state index < -0.39 is 5.97 Å². The zero-order valence-corrected chi connectivity index (χ0v) is 17.9. The number of carbonyl (C=O) groups excluding carboxylic acids is 2. The number of ether oxygens (including phenoxy) is 1. The summed E-state index contributed by atoms with van der Waals surface area (Å²) in [5.74, 6) is -0.699. The van der Waals surface area contributed by atoms with Gasteiger partial charge in [0.15, 0.2) is 0 Å². The predicted molar refractivity (Wildman–Crippen MR) is 119 cm³/mol. The fraction of sp³-hybridized carbons (Fsp3) is 0.440. The Morgan fingerprint density at radius 2 is 1.55 bits per heavy atom. The van der Waals surface area contributed by atoms with Crippen molar-refractivity contribution in [1.29, 1.82) is 0 Å². The second kappa shape index (κ2) is 12.1. The van der Waals surface area contributed by atoms with Crippen LogP contribution in [-0.4, -0.2) is 19.0 Å². The highest BCUT2D eigenvalue weighted by atomic mass is 16.5. The monoisotopic (exact) mass is 395 g/mol. The van der Waals surface area contributed by atoms with Gasteiger partial charge in [-0.25, -0.2) is 4.79 Å². The number of rotatable bonds is 11. The molecule has 1 N–H and O–H groups in total. The fourth-order valence-electron chi connectivity index (χ4n) is 3.35. The van der Waals surface area contributed by atoms with E-state index in [9.17, 15) is 9.59 Å². The highest BCUT2D eigenvalue weighted by Crippen LogP contribution is 2.20. The third kappa shape index (κ3) is 7.37. The number of nitrogens with one attached hydrogen (secondary N) is 1. The molecule has 0 fully saturated rings. The van der Waals surface area contributed by atoms with Crippen LogP contribution in [0.4, 0.5) is 5.69 Å². The van der Waals surface area contributed by atoms with Crippen LogP contribution >= 0.6 is 0 Å². The van der Waals surface area contributed by atoms with Crippen molar-refractivity contribution in [2.75, 3.05) is 12.4 Å². The summed E-state index contributed by atoms with van der Waals surface area (Å²) in [6.45, 7) is 4.13. The first-order valence-electron chi connectivity index (χ1n) is 10.6. The molecule has 29 heavy (non-hydrogen) atoms. The first-order valence-corrected chi connectivity index (χ1v) is 10.6. The van der Waals surface area contributed by atoms with Gasteiger partial charge in [-0.15, -0.1) is 0 Å². The molecule has 2 aromatic carbocycles. The van der Waals surface area contributed by atoms with Gasteiger partial charge in [-0.2, -0.15) is 0 Å². The van der Waals surface area contributed by atoms with Gasteiger partial charge in [0.1, 0.15) is 0 Å². The highest BCUT2D eigenvalue weighted by Gasteiger charge is 2.15. The van der Waals surface area contributed by atoms with E-state index in [4.69, 9.17) is 4.74 Å². The van der Waals surface area contributed by atoms with Crippen LogP contribution < -0.4 is 5.32 Å². The van der Waals surface area contributed by atoms with Crippen molar-refractivity contribution >= 4 is 17.6 Å². The van der Waals surface area contributed by atoms with Gasteiger partial charge >= 0.3 is 5.97 Å². The van der Waals surface area contributed by atoms with Crippen molar-refractivity contribution in [3.8, 4) is 0 Å². The number of anilines is 1. The summed E-state index contributed by atoms with van der Waals surface area (Å²) in [6, 6.07) is 13.0. The minimum Gasteiger partial charge on any atom is -0.465 e. The molecule has 0 aliphatic heterocycles. The maximum atomic E-state index is 12.6. The molecule has 0 saturated carbocycles. The number of benzene rings is 2. The number of esters is 1. The Labute approximate surface area is 174 Å². The van der Waals surface area contributed by atoms with Crippen LogP contribution in [0.5, 0.6) is 0 Å². The molecule has 0 aromatic heterocycles. The average Bonchev–Trinajstić information content (AvgIpc) is 2.74. The summed E-state index contributed by atoms with van der Waals surface area (Å²) in [4.78, 5) is 24.6. The first kappa shape index (κ1) is 22.7. The van der Waals surface area contributed by atoms with Crippen LogP contribution in [0.1, 0.15) is 83.7 Å². The van der Waals surface area contributed by atoms with Gasteiger partial charge in [-0.05, 0) is 49.6 Å². The number of amides is 1.